The molecule has 16 heavy (non-hydrogen) atoms. The van der Waals surface area contributed by atoms with Crippen LogP contribution in [0.15, 0.2) is 27.1 Å². The first kappa shape index (κ1) is 11.0. The van der Waals surface area contributed by atoms with E-state index in [2.05, 4.69) is 31.9 Å². The van der Waals surface area contributed by atoms with Gasteiger partial charge in [0.15, 0.2) is 0 Å². The molecule has 0 aliphatic heterocycles. The van der Waals surface area contributed by atoms with Crippen LogP contribution in [0.2, 0.25) is 5.02 Å². The van der Waals surface area contributed by atoms with Crippen molar-refractivity contribution < 1.29 is 0 Å². The summed E-state index contributed by atoms with van der Waals surface area (Å²) < 4.78 is 1.99. The van der Waals surface area contributed by atoms with Crippen LogP contribution in [0, 0.1) is 0 Å². The number of halogens is 3. The van der Waals surface area contributed by atoms with Crippen molar-refractivity contribution in [1.82, 2.24) is 4.98 Å². The predicted molar refractivity (Wildman–Crippen MR) is 74.1 cm³/mol. The lowest BCUT2D eigenvalue weighted by Crippen LogP contribution is -1.90. The summed E-state index contributed by atoms with van der Waals surface area (Å²) in [5.41, 5.74) is 2.07. The molecule has 1 aromatic carbocycles. The van der Waals surface area contributed by atoms with Gasteiger partial charge >= 0.3 is 0 Å². The second kappa shape index (κ2) is 3.97. The van der Waals surface area contributed by atoms with E-state index in [1.54, 1.807) is 0 Å². The molecule has 1 aliphatic carbocycles. The van der Waals surface area contributed by atoms with E-state index in [-0.39, 0.29) is 0 Å². The highest BCUT2D eigenvalue weighted by molar-refractivity contribution is 9.11. The Labute approximate surface area is 115 Å². The fraction of sp³-hybridized carbons (Fsp3) is 0.250. The van der Waals surface area contributed by atoms with Gasteiger partial charge in [-0.15, -0.1) is 0 Å². The summed E-state index contributed by atoms with van der Waals surface area (Å²) in [6, 6.07) is 5.97. The molecule has 2 aromatic rings. The molecule has 1 saturated carbocycles. The maximum atomic E-state index is 6.32. The van der Waals surface area contributed by atoms with Crippen LogP contribution in [-0.2, 0) is 0 Å². The van der Waals surface area contributed by atoms with Crippen LogP contribution < -0.4 is 0 Å². The fourth-order valence-corrected chi connectivity index (χ4v) is 3.20. The summed E-state index contributed by atoms with van der Waals surface area (Å²) in [4.78, 5) is 4.70. The predicted octanol–water partition coefficient (Wildman–Crippen LogP) is 5.29. The van der Waals surface area contributed by atoms with Crippen LogP contribution in [0.5, 0.6) is 0 Å². The monoisotopic (exact) mass is 359 g/mol. The van der Waals surface area contributed by atoms with Crippen molar-refractivity contribution >= 4 is 54.4 Å². The maximum Gasteiger partial charge on any atom is 0.0873 e. The molecule has 82 valence electrons. The van der Waals surface area contributed by atoms with E-state index < -0.39 is 0 Å². The third-order valence-electron chi connectivity index (χ3n) is 2.83. The number of benzene rings is 1. The van der Waals surface area contributed by atoms with E-state index in [9.17, 15) is 0 Å². The van der Waals surface area contributed by atoms with E-state index in [0.717, 1.165) is 30.6 Å². The Morgan fingerprint density at radius 1 is 1.19 bits per heavy atom. The molecule has 1 fully saturated rings. The van der Waals surface area contributed by atoms with E-state index in [0.29, 0.717) is 5.92 Å². The van der Waals surface area contributed by atoms with Crippen molar-refractivity contribution in [2.75, 3.05) is 0 Å². The molecule has 0 radical (unpaired) electrons. The number of fused-ring (bicyclic) bond motifs is 1. The molecular formula is C12H8Br2ClN. The molecule has 0 bridgehead atoms. The number of hydrogen-bond acceptors (Lipinski definition) is 1. The molecule has 0 saturated heterocycles. The Morgan fingerprint density at radius 2 is 1.88 bits per heavy atom. The Balaban J connectivity index is 2.36. The number of aromatic nitrogens is 1. The van der Waals surface area contributed by atoms with Crippen LogP contribution in [0.3, 0.4) is 0 Å². The molecule has 0 amide bonds. The molecule has 0 atom stereocenters. The van der Waals surface area contributed by atoms with Gasteiger partial charge in [0.05, 0.1) is 10.5 Å². The van der Waals surface area contributed by atoms with Gasteiger partial charge in [-0.05, 0) is 47.0 Å². The normalized spacial score (nSPS) is 15.7. The van der Waals surface area contributed by atoms with Gasteiger partial charge in [0, 0.05) is 25.9 Å². The second-order valence-electron chi connectivity index (χ2n) is 4.06. The zero-order valence-corrected chi connectivity index (χ0v) is 12.2. The Hall–Kier alpha value is -0.120. The number of pyridine rings is 1. The summed E-state index contributed by atoms with van der Waals surface area (Å²) in [6.45, 7) is 0. The lowest BCUT2D eigenvalue weighted by molar-refractivity contribution is 1.04. The van der Waals surface area contributed by atoms with Crippen molar-refractivity contribution in [2.45, 2.75) is 18.8 Å². The van der Waals surface area contributed by atoms with E-state index in [1.807, 2.05) is 18.2 Å². The average molecular weight is 361 g/mol. The highest BCUT2D eigenvalue weighted by Crippen LogP contribution is 2.42. The topological polar surface area (TPSA) is 12.9 Å². The SMILES string of the molecule is Clc1cc(C2CC2)nc2c(Br)ccc(Br)c12. The van der Waals surface area contributed by atoms with Gasteiger partial charge in [0.2, 0.25) is 0 Å². The first-order valence-electron chi connectivity index (χ1n) is 5.11. The highest BCUT2D eigenvalue weighted by atomic mass is 79.9. The Kier molecular flexibility index (Phi) is 2.73. The van der Waals surface area contributed by atoms with Crippen molar-refractivity contribution in [2.24, 2.45) is 0 Å². The van der Waals surface area contributed by atoms with Crippen molar-refractivity contribution in [1.29, 1.82) is 0 Å². The van der Waals surface area contributed by atoms with Gasteiger partial charge in [-0.3, -0.25) is 4.98 Å². The molecule has 0 unspecified atom stereocenters. The van der Waals surface area contributed by atoms with Gasteiger partial charge in [0.1, 0.15) is 0 Å². The number of nitrogens with zero attached hydrogens (tertiary/aromatic N) is 1. The minimum Gasteiger partial charge on any atom is -0.251 e. The Morgan fingerprint density at radius 3 is 2.56 bits per heavy atom. The molecule has 1 nitrogen and oxygen atoms in total. The van der Waals surface area contributed by atoms with Crippen LogP contribution in [0.4, 0.5) is 0 Å². The first-order chi connectivity index (χ1) is 7.66. The number of rotatable bonds is 1. The standard InChI is InChI=1S/C12H8Br2ClN/c13-7-3-4-8(14)12-11(7)9(15)5-10(16-12)6-1-2-6/h3-6H,1-2H2. The zero-order chi connectivity index (χ0) is 11.3. The summed E-state index contributed by atoms with van der Waals surface area (Å²) in [7, 11) is 0. The zero-order valence-electron chi connectivity index (χ0n) is 8.30. The smallest absolute Gasteiger partial charge is 0.0873 e. The quantitative estimate of drug-likeness (QED) is 0.672. The summed E-state index contributed by atoms with van der Waals surface area (Å²) in [5, 5.41) is 1.76. The highest BCUT2D eigenvalue weighted by Gasteiger charge is 2.26. The Bertz CT molecular complexity index is 579. The second-order valence-corrected chi connectivity index (χ2v) is 6.17. The van der Waals surface area contributed by atoms with Crippen molar-refractivity contribution in [3.05, 3.63) is 37.9 Å². The molecule has 3 rings (SSSR count). The molecule has 0 N–H and O–H groups in total. The van der Waals surface area contributed by atoms with E-state index in [4.69, 9.17) is 16.6 Å². The lowest BCUT2D eigenvalue weighted by Gasteiger charge is -2.07. The maximum absolute atomic E-state index is 6.32. The van der Waals surface area contributed by atoms with E-state index >= 15 is 0 Å². The first-order valence-corrected chi connectivity index (χ1v) is 7.07. The summed E-state index contributed by atoms with van der Waals surface area (Å²) in [5.74, 6) is 0.618. The molecule has 1 heterocycles. The summed E-state index contributed by atoms with van der Waals surface area (Å²) >= 11 is 13.4. The third-order valence-corrected chi connectivity index (χ3v) is 4.43. The molecule has 1 aromatic heterocycles. The van der Waals surface area contributed by atoms with Crippen LogP contribution in [0.25, 0.3) is 10.9 Å². The number of hydrogen-bond donors (Lipinski definition) is 0. The van der Waals surface area contributed by atoms with Crippen LogP contribution in [-0.4, -0.2) is 4.98 Å². The fourth-order valence-electron chi connectivity index (χ4n) is 1.83. The molecule has 0 spiro atoms. The average Bonchev–Trinajstić information content (AvgIpc) is 3.06. The van der Waals surface area contributed by atoms with Crippen molar-refractivity contribution in [3.8, 4) is 0 Å². The van der Waals surface area contributed by atoms with Crippen molar-refractivity contribution in [3.63, 3.8) is 0 Å². The largest absolute Gasteiger partial charge is 0.251 e. The lowest BCUT2D eigenvalue weighted by atomic mass is 10.1. The van der Waals surface area contributed by atoms with Gasteiger partial charge in [0.25, 0.3) is 0 Å². The molecular weight excluding hydrogens is 353 g/mol. The van der Waals surface area contributed by atoms with Gasteiger partial charge in [-0.1, -0.05) is 27.5 Å². The van der Waals surface area contributed by atoms with Gasteiger partial charge in [-0.25, -0.2) is 0 Å². The summed E-state index contributed by atoms with van der Waals surface area (Å²) in [6.07, 6.45) is 2.47. The minimum atomic E-state index is 0.618. The third kappa shape index (κ3) is 1.79. The van der Waals surface area contributed by atoms with Gasteiger partial charge in [-0.2, -0.15) is 0 Å². The van der Waals surface area contributed by atoms with Crippen LogP contribution in [0.1, 0.15) is 24.5 Å². The van der Waals surface area contributed by atoms with Crippen LogP contribution >= 0.6 is 43.5 Å². The molecule has 1 aliphatic rings. The van der Waals surface area contributed by atoms with E-state index in [1.165, 1.54) is 12.8 Å². The molecule has 4 heteroatoms. The van der Waals surface area contributed by atoms with Gasteiger partial charge < -0.3 is 0 Å². The minimum absolute atomic E-state index is 0.618.